The van der Waals surface area contributed by atoms with E-state index in [1.54, 1.807) is 0 Å². The molecule has 0 spiro atoms. The molecule has 3 aromatic carbocycles. The van der Waals surface area contributed by atoms with Crippen LogP contribution in [0, 0.1) is 0 Å². The molecule has 0 atom stereocenters. The summed E-state index contributed by atoms with van der Waals surface area (Å²) in [5.41, 5.74) is 1.91. The molecule has 1 aromatic heterocycles. The first-order valence-electron chi connectivity index (χ1n) is 6.65. The average molecular weight is 402 g/mol. The van der Waals surface area contributed by atoms with E-state index < -0.39 is 0 Å². The van der Waals surface area contributed by atoms with E-state index in [0.29, 0.717) is 0 Å². The van der Waals surface area contributed by atoms with Crippen LogP contribution >= 0.6 is 15.9 Å². The maximum absolute atomic E-state index is 5.99. The molecular weight excluding hydrogens is 391 g/mol. The van der Waals surface area contributed by atoms with Crippen molar-refractivity contribution in [3.8, 4) is 0 Å². The van der Waals surface area contributed by atoms with Crippen molar-refractivity contribution < 1.29 is 4.42 Å². The molecule has 21 heavy (non-hydrogen) atoms. The fourth-order valence-corrected chi connectivity index (χ4v) is 5.45. The van der Waals surface area contributed by atoms with Crippen LogP contribution in [-0.2, 0) is 0 Å². The number of fused-ring (bicyclic) bond motifs is 3. The van der Waals surface area contributed by atoms with Gasteiger partial charge in [-0.25, -0.2) is 0 Å². The molecule has 102 valence electrons. The Morgan fingerprint density at radius 3 is 2.43 bits per heavy atom. The predicted octanol–water partition coefficient (Wildman–Crippen LogP) is 4.00. The van der Waals surface area contributed by atoms with Crippen LogP contribution < -0.4 is 8.92 Å². The number of hydrogen-bond donors (Lipinski definition) is 0. The molecule has 3 heteroatoms. The van der Waals surface area contributed by atoms with E-state index in [9.17, 15) is 0 Å². The van der Waals surface area contributed by atoms with E-state index in [4.69, 9.17) is 4.42 Å². The minimum absolute atomic E-state index is 0.260. The summed E-state index contributed by atoms with van der Waals surface area (Å²) in [5.74, 6) is 0. The van der Waals surface area contributed by atoms with Crippen LogP contribution in [0.1, 0.15) is 0 Å². The molecule has 0 fully saturated rings. The van der Waals surface area contributed by atoms with Gasteiger partial charge in [-0.1, -0.05) is 0 Å². The fourth-order valence-electron chi connectivity index (χ4n) is 2.48. The van der Waals surface area contributed by atoms with Crippen molar-refractivity contribution in [2.45, 2.75) is 0 Å². The Morgan fingerprint density at radius 2 is 1.57 bits per heavy atom. The van der Waals surface area contributed by atoms with Crippen molar-refractivity contribution in [3.63, 3.8) is 0 Å². The van der Waals surface area contributed by atoms with Gasteiger partial charge in [-0.2, -0.15) is 0 Å². The Balaban J connectivity index is 1.98. The first-order chi connectivity index (χ1) is 10.3. The van der Waals surface area contributed by atoms with Crippen LogP contribution in [0.4, 0.5) is 0 Å². The zero-order valence-electron chi connectivity index (χ0n) is 11.0. The van der Waals surface area contributed by atoms with E-state index in [2.05, 4.69) is 70.5 Å². The summed E-state index contributed by atoms with van der Waals surface area (Å²) in [7, 11) is 0. The molecule has 1 heterocycles. The average Bonchev–Trinajstić information content (AvgIpc) is 2.86. The zero-order chi connectivity index (χ0) is 14.2. The molecule has 0 aliphatic rings. The Bertz CT molecular complexity index is 928. The van der Waals surface area contributed by atoms with Gasteiger partial charge in [0.2, 0.25) is 0 Å². The second kappa shape index (κ2) is 5.34. The van der Waals surface area contributed by atoms with Crippen LogP contribution in [0.5, 0.6) is 0 Å². The van der Waals surface area contributed by atoms with Gasteiger partial charge in [0.25, 0.3) is 0 Å². The fraction of sp³-hybridized carbons (Fsp3) is 0. The third kappa shape index (κ3) is 2.42. The molecular formula is C18H11BrOSe. The van der Waals surface area contributed by atoms with Gasteiger partial charge in [-0.15, -0.1) is 0 Å². The number of rotatable bonds is 2. The first kappa shape index (κ1) is 13.1. The molecule has 0 N–H and O–H groups in total. The van der Waals surface area contributed by atoms with Gasteiger partial charge in [0.15, 0.2) is 0 Å². The van der Waals surface area contributed by atoms with Crippen LogP contribution in [0.2, 0.25) is 0 Å². The van der Waals surface area contributed by atoms with E-state index >= 15 is 0 Å². The molecule has 0 saturated carbocycles. The molecule has 0 aliphatic heterocycles. The summed E-state index contributed by atoms with van der Waals surface area (Å²) in [6, 6.07) is 23.2. The standard InChI is InChI=1S/C18H11BrOSe/c19-12-10-16-18(14-8-4-5-9-15(14)20-16)17(11-12)21-13-6-2-1-3-7-13/h1-11H. The number of benzene rings is 3. The van der Waals surface area contributed by atoms with Gasteiger partial charge < -0.3 is 0 Å². The van der Waals surface area contributed by atoms with Gasteiger partial charge in [-0.05, 0) is 0 Å². The molecule has 0 saturated heterocycles. The monoisotopic (exact) mass is 402 g/mol. The molecule has 0 radical (unpaired) electrons. The first-order valence-corrected chi connectivity index (χ1v) is 9.15. The number of halogens is 1. The Morgan fingerprint density at radius 1 is 0.810 bits per heavy atom. The van der Waals surface area contributed by atoms with Crippen molar-refractivity contribution in [1.82, 2.24) is 0 Å². The minimum atomic E-state index is 0.260. The predicted molar refractivity (Wildman–Crippen MR) is 92.9 cm³/mol. The van der Waals surface area contributed by atoms with Gasteiger partial charge in [0.05, 0.1) is 0 Å². The van der Waals surface area contributed by atoms with Crippen molar-refractivity contribution >= 4 is 61.7 Å². The molecule has 0 amide bonds. The summed E-state index contributed by atoms with van der Waals surface area (Å²) >= 11 is 3.86. The zero-order valence-corrected chi connectivity index (χ0v) is 14.3. The van der Waals surface area contributed by atoms with Gasteiger partial charge in [0.1, 0.15) is 0 Å². The second-order valence-electron chi connectivity index (χ2n) is 4.79. The van der Waals surface area contributed by atoms with E-state index in [0.717, 1.165) is 15.6 Å². The van der Waals surface area contributed by atoms with Crippen molar-refractivity contribution in [1.29, 1.82) is 0 Å². The number of hydrogen-bond acceptors (Lipinski definition) is 1. The quantitative estimate of drug-likeness (QED) is 0.462. The summed E-state index contributed by atoms with van der Waals surface area (Å²) in [6.45, 7) is 0. The van der Waals surface area contributed by atoms with Crippen LogP contribution in [-0.4, -0.2) is 15.0 Å². The van der Waals surface area contributed by atoms with Crippen LogP contribution in [0.15, 0.2) is 75.6 Å². The molecule has 4 rings (SSSR count). The van der Waals surface area contributed by atoms with Crippen molar-refractivity contribution in [2.24, 2.45) is 0 Å². The second-order valence-corrected chi connectivity index (χ2v) is 8.05. The van der Waals surface area contributed by atoms with E-state index in [1.807, 2.05) is 12.1 Å². The molecule has 0 bridgehead atoms. The van der Waals surface area contributed by atoms with Crippen molar-refractivity contribution in [3.05, 3.63) is 71.2 Å². The number of para-hydroxylation sites is 1. The molecule has 0 aliphatic carbocycles. The van der Waals surface area contributed by atoms with E-state index in [1.165, 1.54) is 19.7 Å². The van der Waals surface area contributed by atoms with Crippen LogP contribution in [0.3, 0.4) is 0 Å². The SMILES string of the molecule is Brc1cc([Se]c2ccccc2)c2c(c1)oc1ccccc12. The molecule has 1 nitrogen and oxygen atoms in total. The molecule has 4 aromatic rings. The number of furan rings is 1. The van der Waals surface area contributed by atoms with Crippen LogP contribution in [0.25, 0.3) is 21.9 Å². The van der Waals surface area contributed by atoms with Crippen molar-refractivity contribution in [2.75, 3.05) is 0 Å². The maximum atomic E-state index is 5.99. The van der Waals surface area contributed by atoms with Gasteiger partial charge >= 0.3 is 137 Å². The third-order valence-corrected chi connectivity index (χ3v) is 6.04. The Labute approximate surface area is 137 Å². The van der Waals surface area contributed by atoms with Gasteiger partial charge in [0, 0.05) is 0 Å². The molecule has 0 unspecified atom stereocenters. The third-order valence-electron chi connectivity index (χ3n) is 3.38. The van der Waals surface area contributed by atoms with Gasteiger partial charge in [-0.3, -0.25) is 0 Å². The summed E-state index contributed by atoms with van der Waals surface area (Å²) in [5, 5.41) is 2.45. The Kier molecular flexibility index (Phi) is 3.34. The summed E-state index contributed by atoms with van der Waals surface area (Å²) in [6.07, 6.45) is 0. The summed E-state index contributed by atoms with van der Waals surface area (Å²) in [4.78, 5) is 0. The summed E-state index contributed by atoms with van der Waals surface area (Å²) < 4.78 is 9.78. The topological polar surface area (TPSA) is 13.1 Å². The van der Waals surface area contributed by atoms with E-state index in [-0.39, 0.29) is 15.0 Å². The Hall–Kier alpha value is -1.54. The normalized spacial score (nSPS) is 11.3.